The fraction of sp³-hybridized carbons (Fsp3) is 0.269. The molecule has 0 aromatic heterocycles. The molecular weight excluding hydrogens is 454 g/mol. The van der Waals surface area contributed by atoms with Crippen LogP contribution in [0.2, 0.25) is 0 Å². The fourth-order valence-corrected chi connectivity index (χ4v) is 6.78. The molecule has 2 aliphatic rings. The molecule has 8 heteroatoms. The molecule has 1 amide bonds. The molecule has 2 bridgehead atoms. The number of ether oxygens (including phenoxy) is 2. The van der Waals surface area contributed by atoms with E-state index in [2.05, 4.69) is 5.48 Å². The molecule has 0 radical (unpaired) electrons. The summed E-state index contributed by atoms with van der Waals surface area (Å²) < 4.78 is 38.8. The highest BCUT2D eigenvalue weighted by Crippen LogP contribution is 2.44. The Hall–Kier alpha value is -3.20. The zero-order valence-electron chi connectivity index (χ0n) is 18.4. The van der Waals surface area contributed by atoms with Crippen LogP contribution in [0.4, 0.5) is 0 Å². The minimum absolute atomic E-state index is 0.136. The first kappa shape index (κ1) is 22.6. The van der Waals surface area contributed by atoms with Gasteiger partial charge in [-0.05, 0) is 54.8 Å². The number of carbonyl (C=O) groups is 1. The van der Waals surface area contributed by atoms with Gasteiger partial charge in [-0.2, -0.15) is 0 Å². The van der Waals surface area contributed by atoms with E-state index in [0.29, 0.717) is 24.3 Å². The third-order valence-corrected chi connectivity index (χ3v) is 8.50. The van der Waals surface area contributed by atoms with Gasteiger partial charge in [-0.3, -0.25) is 9.63 Å². The van der Waals surface area contributed by atoms with Gasteiger partial charge in [-0.1, -0.05) is 48.5 Å². The largest absolute Gasteiger partial charge is 0.457 e. The molecule has 7 nitrogen and oxygen atoms in total. The van der Waals surface area contributed by atoms with E-state index in [1.807, 2.05) is 60.7 Å². The molecule has 3 aromatic rings. The van der Waals surface area contributed by atoms with E-state index >= 15 is 0 Å². The number of benzene rings is 3. The molecule has 176 valence electrons. The van der Waals surface area contributed by atoms with Crippen LogP contribution in [0.25, 0.3) is 0 Å². The minimum Gasteiger partial charge on any atom is -0.457 e. The monoisotopic (exact) mass is 479 g/mol. The Morgan fingerprint density at radius 3 is 2.18 bits per heavy atom. The number of carbonyl (C=O) groups excluding carboxylic acids is 1. The summed E-state index contributed by atoms with van der Waals surface area (Å²) in [6.07, 6.45) is 0.307. The second-order valence-corrected chi connectivity index (χ2v) is 10.6. The quantitative estimate of drug-likeness (QED) is 0.490. The highest BCUT2D eigenvalue weighted by atomic mass is 32.2. The third kappa shape index (κ3) is 4.57. The lowest BCUT2D eigenvalue weighted by Crippen LogP contribution is -2.47. The number of sulfone groups is 1. The number of fused-ring (bicyclic) bond motifs is 2. The van der Waals surface area contributed by atoms with E-state index in [9.17, 15) is 13.2 Å². The molecule has 1 N–H and O–H groups in total. The number of hydrogen-bond donors (Lipinski definition) is 1. The fourth-order valence-electron chi connectivity index (χ4n) is 4.66. The molecule has 2 heterocycles. The number of nitrogens with one attached hydrogen (secondary N) is 1. The Morgan fingerprint density at radius 2 is 1.47 bits per heavy atom. The van der Waals surface area contributed by atoms with E-state index in [1.54, 1.807) is 12.1 Å². The van der Waals surface area contributed by atoms with Crippen LogP contribution in [-0.4, -0.2) is 31.8 Å². The summed E-state index contributed by atoms with van der Waals surface area (Å²) >= 11 is 0. The Bertz CT molecular complexity index is 1230. The smallest absolute Gasteiger partial charge is 0.250 e. The van der Waals surface area contributed by atoms with Crippen LogP contribution < -0.4 is 10.2 Å². The van der Waals surface area contributed by atoms with Crippen molar-refractivity contribution in [3.63, 3.8) is 0 Å². The van der Waals surface area contributed by atoms with Gasteiger partial charge in [0.1, 0.15) is 16.7 Å². The van der Waals surface area contributed by atoms with Crippen molar-refractivity contribution in [1.82, 2.24) is 5.48 Å². The van der Waals surface area contributed by atoms with Gasteiger partial charge in [0.25, 0.3) is 5.91 Å². The van der Waals surface area contributed by atoms with Gasteiger partial charge in [0.15, 0.2) is 9.84 Å². The molecule has 2 aliphatic heterocycles. The lowest BCUT2D eigenvalue weighted by molar-refractivity contribution is -0.140. The summed E-state index contributed by atoms with van der Waals surface area (Å²) in [5.41, 5.74) is 3.34. The van der Waals surface area contributed by atoms with Gasteiger partial charge in [-0.15, -0.1) is 0 Å². The Balaban J connectivity index is 1.30. The molecule has 4 unspecified atom stereocenters. The molecular formula is C26H25NO6S. The number of amides is 1. The van der Waals surface area contributed by atoms with Crippen molar-refractivity contribution in [3.05, 3.63) is 90.5 Å². The van der Waals surface area contributed by atoms with Gasteiger partial charge < -0.3 is 9.47 Å². The second kappa shape index (κ2) is 9.58. The van der Waals surface area contributed by atoms with Crippen LogP contribution in [-0.2, 0) is 30.8 Å². The van der Waals surface area contributed by atoms with Crippen molar-refractivity contribution in [2.24, 2.45) is 5.92 Å². The van der Waals surface area contributed by atoms with Crippen molar-refractivity contribution in [3.8, 4) is 11.5 Å². The molecule has 2 saturated heterocycles. The Kier molecular flexibility index (Phi) is 6.36. The lowest BCUT2D eigenvalue weighted by Gasteiger charge is -2.26. The summed E-state index contributed by atoms with van der Waals surface area (Å²) in [5.74, 6) is -0.120. The van der Waals surface area contributed by atoms with Crippen LogP contribution in [0.1, 0.15) is 18.4 Å². The van der Waals surface area contributed by atoms with Crippen molar-refractivity contribution < 1.29 is 27.5 Å². The highest BCUT2D eigenvalue weighted by Gasteiger charge is 2.58. The molecule has 0 aliphatic carbocycles. The first-order chi connectivity index (χ1) is 16.5. The van der Waals surface area contributed by atoms with E-state index in [-0.39, 0.29) is 11.5 Å². The summed E-state index contributed by atoms with van der Waals surface area (Å²) in [4.78, 5) is 18.5. The number of hydrogen-bond acceptors (Lipinski definition) is 6. The van der Waals surface area contributed by atoms with E-state index in [0.717, 1.165) is 5.56 Å². The van der Waals surface area contributed by atoms with Crippen molar-refractivity contribution in [2.45, 2.75) is 41.8 Å². The van der Waals surface area contributed by atoms with Crippen molar-refractivity contribution >= 4 is 15.7 Å². The van der Waals surface area contributed by atoms with Crippen LogP contribution in [0, 0.1) is 5.92 Å². The van der Waals surface area contributed by atoms with Gasteiger partial charge in [0.2, 0.25) is 0 Å². The molecule has 0 saturated carbocycles. The molecule has 5 rings (SSSR count). The van der Waals surface area contributed by atoms with Crippen LogP contribution in [0.5, 0.6) is 11.5 Å². The van der Waals surface area contributed by atoms with Gasteiger partial charge in [0, 0.05) is 0 Å². The maximum absolute atomic E-state index is 13.6. The van der Waals surface area contributed by atoms with Gasteiger partial charge in [0.05, 0.1) is 29.6 Å². The first-order valence-corrected chi connectivity index (χ1v) is 12.7. The third-order valence-electron chi connectivity index (χ3n) is 6.25. The van der Waals surface area contributed by atoms with Crippen LogP contribution in [0.15, 0.2) is 89.8 Å². The summed E-state index contributed by atoms with van der Waals surface area (Å²) in [6, 6.07) is 24.9. The molecule has 34 heavy (non-hydrogen) atoms. The van der Waals surface area contributed by atoms with Crippen LogP contribution >= 0.6 is 0 Å². The molecule has 2 fully saturated rings. The summed E-state index contributed by atoms with van der Waals surface area (Å²) in [7, 11) is -3.83. The van der Waals surface area contributed by atoms with Crippen molar-refractivity contribution in [1.29, 1.82) is 0 Å². The van der Waals surface area contributed by atoms with Crippen molar-refractivity contribution in [2.75, 3.05) is 0 Å². The maximum atomic E-state index is 13.6. The van der Waals surface area contributed by atoms with E-state index in [1.165, 1.54) is 12.1 Å². The molecule has 3 aromatic carbocycles. The number of rotatable bonds is 8. The van der Waals surface area contributed by atoms with E-state index < -0.39 is 39.1 Å². The number of hydroxylamine groups is 1. The minimum atomic E-state index is -3.83. The normalized spacial score (nSPS) is 23.5. The average Bonchev–Trinajstić information content (AvgIpc) is 3.48. The Morgan fingerprint density at radius 1 is 0.853 bits per heavy atom. The second-order valence-electron chi connectivity index (χ2n) is 8.45. The highest BCUT2D eigenvalue weighted by molar-refractivity contribution is 7.92. The number of para-hydroxylation sites is 1. The topological polar surface area (TPSA) is 90.9 Å². The predicted molar refractivity (Wildman–Crippen MR) is 125 cm³/mol. The molecule has 4 atom stereocenters. The lowest BCUT2D eigenvalue weighted by atomic mass is 9.88. The zero-order chi connectivity index (χ0) is 23.5. The zero-order valence-corrected chi connectivity index (χ0v) is 19.2. The standard InChI is InChI=1S/C26H25NO6S/c28-26(27-31-17-18-7-3-1-4-8-18)24-22-15-16-23(33-22)25(24)34(29,30)21-13-11-20(12-14-21)32-19-9-5-2-6-10-19/h1-14,22-25H,15-17H2,(H,27,28). The predicted octanol–water partition coefficient (Wildman–Crippen LogP) is 4.05. The first-order valence-electron chi connectivity index (χ1n) is 11.2. The van der Waals surface area contributed by atoms with Crippen LogP contribution in [0.3, 0.4) is 0 Å². The Labute approximate surface area is 198 Å². The maximum Gasteiger partial charge on any atom is 0.250 e. The average molecular weight is 480 g/mol. The summed E-state index contributed by atoms with van der Waals surface area (Å²) in [6.45, 7) is 0.189. The molecule has 0 spiro atoms. The van der Waals surface area contributed by atoms with E-state index in [4.69, 9.17) is 14.3 Å². The summed E-state index contributed by atoms with van der Waals surface area (Å²) in [5, 5.41) is -0.965. The van der Waals surface area contributed by atoms with Gasteiger partial charge >= 0.3 is 0 Å². The van der Waals surface area contributed by atoms with Gasteiger partial charge in [-0.25, -0.2) is 13.9 Å². The SMILES string of the molecule is O=C(NOCc1ccccc1)C1C2CCC(O2)C1S(=O)(=O)c1ccc(Oc2ccccc2)cc1.